The minimum atomic E-state index is -0.899. The van der Waals surface area contributed by atoms with Crippen molar-refractivity contribution >= 4 is 17.5 Å². The third kappa shape index (κ3) is 11.6. The van der Waals surface area contributed by atoms with E-state index >= 15 is 0 Å². The Morgan fingerprint density at radius 3 is 2.65 bits per heavy atom. The van der Waals surface area contributed by atoms with Crippen LogP contribution in [0.25, 0.3) is 0 Å². The highest BCUT2D eigenvalue weighted by molar-refractivity contribution is 5.61. The SMILES string of the molecule is COCCCN1CCOc2ccc(CO[C@H]3CNC[C@@H](OC(=O)OCCOCCO[N+](=O)[O-])[C@@H]3c3ccc(O[C@H]4CCN(c5cccc(F)c5)C4)cc3)cc21. The molecular formula is C39H49FN4O11. The third-order valence-corrected chi connectivity index (χ3v) is 9.72. The molecule has 3 aromatic carbocycles. The van der Waals surface area contributed by atoms with E-state index in [1.807, 2.05) is 42.5 Å². The summed E-state index contributed by atoms with van der Waals surface area (Å²) in [6.07, 6.45) is -0.219. The van der Waals surface area contributed by atoms with Crippen LogP contribution in [0.3, 0.4) is 0 Å². The molecule has 2 saturated heterocycles. The Labute approximate surface area is 319 Å². The molecule has 3 heterocycles. The lowest BCUT2D eigenvalue weighted by atomic mass is 9.85. The zero-order valence-electron chi connectivity index (χ0n) is 31.0. The summed E-state index contributed by atoms with van der Waals surface area (Å²) >= 11 is 0. The van der Waals surface area contributed by atoms with Gasteiger partial charge in [-0.3, -0.25) is 0 Å². The van der Waals surface area contributed by atoms with Crippen LogP contribution in [0.15, 0.2) is 66.7 Å². The van der Waals surface area contributed by atoms with Crippen molar-refractivity contribution in [1.29, 1.82) is 0 Å². The Morgan fingerprint density at radius 1 is 1.00 bits per heavy atom. The average molecular weight is 769 g/mol. The lowest BCUT2D eigenvalue weighted by molar-refractivity contribution is -0.758. The summed E-state index contributed by atoms with van der Waals surface area (Å²) in [7, 11) is 1.70. The molecule has 6 rings (SSSR count). The fourth-order valence-electron chi connectivity index (χ4n) is 7.12. The number of anilines is 2. The number of hydrogen-bond acceptors (Lipinski definition) is 14. The summed E-state index contributed by atoms with van der Waals surface area (Å²) in [4.78, 5) is 31.8. The highest BCUT2D eigenvalue weighted by atomic mass is 19.1. The molecule has 0 amide bonds. The van der Waals surface area contributed by atoms with Crippen molar-refractivity contribution < 1.29 is 52.3 Å². The molecule has 3 aliphatic heterocycles. The molecule has 55 heavy (non-hydrogen) atoms. The van der Waals surface area contributed by atoms with Gasteiger partial charge in [0.2, 0.25) is 0 Å². The predicted molar refractivity (Wildman–Crippen MR) is 199 cm³/mol. The molecule has 0 radical (unpaired) electrons. The van der Waals surface area contributed by atoms with Gasteiger partial charge in [0.1, 0.15) is 49.3 Å². The number of halogens is 1. The monoisotopic (exact) mass is 768 g/mol. The van der Waals surface area contributed by atoms with Gasteiger partial charge in [-0.05, 0) is 60.0 Å². The first-order valence-corrected chi connectivity index (χ1v) is 18.6. The molecule has 0 saturated carbocycles. The Morgan fingerprint density at radius 2 is 1.84 bits per heavy atom. The molecule has 15 nitrogen and oxygen atoms in total. The lowest BCUT2D eigenvalue weighted by Crippen LogP contribution is -2.51. The molecule has 16 heteroatoms. The van der Waals surface area contributed by atoms with Gasteiger partial charge < -0.3 is 53.1 Å². The molecule has 0 aromatic heterocycles. The Balaban J connectivity index is 1.11. The summed E-state index contributed by atoms with van der Waals surface area (Å²) < 4.78 is 54.3. The standard InChI is InChI=1S/C39H49FN4O11/c1-48-16-3-13-42-15-17-50-35-11-6-28(22-34(35)42)27-52-36-24-41-25-37(55-39(45)51-20-18-49-19-21-53-44(46)47)38(36)29-7-9-32(10-8-29)54-33-12-14-43(26-33)31-5-2-4-30(40)23-31/h2,4-11,22-23,33,36-38,41H,3,12-21,24-27H2,1H3/t33-,36-,37+,38+/m0/s1. The number of nitrogens with zero attached hydrogens (tertiary/aromatic N) is 3. The van der Waals surface area contributed by atoms with Crippen LogP contribution < -0.4 is 24.6 Å². The summed E-state index contributed by atoms with van der Waals surface area (Å²) in [6.45, 7) is 5.24. The van der Waals surface area contributed by atoms with Crippen LogP contribution in [0, 0.1) is 15.9 Å². The summed E-state index contributed by atoms with van der Waals surface area (Å²) in [5.41, 5.74) is 3.75. The van der Waals surface area contributed by atoms with Gasteiger partial charge in [0, 0.05) is 57.9 Å². The molecule has 1 N–H and O–H groups in total. The molecule has 298 valence electrons. The van der Waals surface area contributed by atoms with Crippen molar-refractivity contribution in [1.82, 2.24) is 5.32 Å². The van der Waals surface area contributed by atoms with Crippen LogP contribution in [0.2, 0.25) is 0 Å². The molecular weight excluding hydrogens is 719 g/mol. The van der Waals surface area contributed by atoms with Gasteiger partial charge in [-0.15, -0.1) is 10.1 Å². The number of ether oxygens (including phenoxy) is 7. The highest BCUT2D eigenvalue weighted by Crippen LogP contribution is 2.35. The van der Waals surface area contributed by atoms with Crippen molar-refractivity contribution in [3.63, 3.8) is 0 Å². The van der Waals surface area contributed by atoms with Crippen molar-refractivity contribution in [3.8, 4) is 11.5 Å². The molecule has 3 aliphatic rings. The second-order valence-electron chi connectivity index (χ2n) is 13.5. The second-order valence-corrected chi connectivity index (χ2v) is 13.5. The smallest absolute Gasteiger partial charge is 0.490 e. The van der Waals surface area contributed by atoms with E-state index in [2.05, 4.69) is 26.0 Å². The number of nitrogens with one attached hydrogen (secondary N) is 1. The number of piperidine rings is 1. The van der Waals surface area contributed by atoms with Gasteiger partial charge in [-0.1, -0.05) is 24.3 Å². The topological polar surface area (TPSA) is 153 Å². The minimum absolute atomic E-state index is 0.0202. The fourth-order valence-corrected chi connectivity index (χ4v) is 7.12. The maximum atomic E-state index is 13.8. The van der Waals surface area contributed by atoms with Gasteiger partial charge in [0.05, 0.1) is 44.7 Å². The van der Waals surface area contributed by atoms with E-state index in [1.54, 1.807) is 13.2 Å². The second kappa shape index (κ2) is 20.1. The average Bonchev–Trinajstić information content (AvgIpc) is 3.66. The first-order chi connectivity index (χ1) is 26.9. The Kier molecular flexibility index (Phi) is 14.6. The van der Waals surface area contributed by atoms with Crippen molar-refractivity contribution in [2.45, 2.75) is 43.7 Å². The predicted octanol–water partition coefficient (Wildman–Crippen LogP) is 4.74. The van der Waals surface area contributed by atoms with E-state index in [0.29, 0.717) is 45.2 Å². The number of methoxy groups -OCH3 is 1. The number of carbonyl (C=O) groups excluding carboxylic acids is 1. The maximum absolute atomic E-state index is 13.8. The van der Waals surface area contributed by atoms with E-state index < -0.39 is 17.3 Å². The quantitative estimate of drug-likeness (QED) is 0.0774. The summed E-state index contributed by atoms with van der Waals surface area (Å²) in [5.74, 6) is 0.930. The number of carbonyl (C=O) groups is 1. The molecule has 0 bridgehead atoms. The molecule has 0 unspecified atom stereocenters. The van der Waals surface area contributed by atoms with Gasteiger partial charge in [0.25, 0.3) is 5.09 Å². The van der Waals surface area contributed by atoms with Crippen molar-refractivity contribution in [2.75, 3.05) is 95.8 Å². The van der Waals surface area contributed by atoms with Gasteiger partial charge >= 0.3 is 6.16 Å². The van der Waals surface area contributed by atoms with E-state index in [1.165, 1.54) is 12.1 Å². The van der Waals surface area contributed by atoms with Gasteiger partial charge in [0.15, 0.2) is 0 Å². The summed E-state index contributed by atoms with van der Waals surface area (Å²) in [6, 6.07) is 20.4. The number of fused-ring (bicyclic) bond motifs is 1. The summed E-state index contributed by atoms with van der Waals surface area (Å²) in [5, 5.41) is 12.7. The van der Waals surface area contributed by atoms with E-state index in [-0.39, 0.29) is 50.4 Å². The van der Waals surface area contributed by atoms with Crippen LogP contribution in [-0.2, 0) is 35.1 Å². The van der Waals surface area contributed by atoms with Gasteiger partial charge in [-0.2, -0.15) is 0 Å². The van der Waals surface area contributed by atoms with Crippen molar-refractivity contribution in [2.24, 2.45) is 0 Å². The van der Waals surface area contributed by atoms with Crippen LogP contribution in [0.1, 0.15) is 29.9 Å². The maximum Gasteiger partial charge on any atom is 0.508 e. The molecule has 0 aliphatic carbocycles. The van der Waals surface area contributed by atoms with Crippen LogP contribution in [0.5, 0.6) is 11.5 Å². The minimum Gasteiger partial charge on any atom is -0.490 e. The normalized spacial score (nSPS) is 20.7. The van der Waals surface area contributed by atoms with Crippen LogP contribution in [0.4, 0.5) is 20.6 Å². The number of hydrogen-bond donors (Lipinski definition) is 1. The lowest BCUT2D eigenvalue weighted by Gasteiger charge is -2.38. The zero-order chi connectivity index (χ0) is 38.4. The first-order valence-electron chi connectivity index (χ1n) is 18.6. The number of rotatable bonds is 19. The molecule has 0 spiro atoms. The zero-order valence-corrected chi connectivity index (χ0v) is 31.0. The molecule has 3 aromatic rings. The number of benzene rings is 3. The fraction of sp³-hybridized carbons (Fsp3) is 0.513. The molecule has 4 atom stereocenters. The highest BCUT2D eigenvalue weighted by Gasteiger charge is 2.38. The van der Waals surface area contributed by atoms with Crippen LogP contribution in [-0.4, -0.2) is 116 Å². The van der Waals surface area contributed by atoms with Crippen LogP contribution >= 0.6 is 0 Å². The van der Waals surface area contributed by atoms with E-state index in [0.717, 1.165) is 60.7 Å². The Hall–Kier alpha value is -4.90. The first kappa shape index (κ1) is 39.8. The Bertz CT molecular complexity index is 1690. The van der Waals surface area contributed by atoms with E-state index in [9.17, 15) is 19.3 Å². The largest absolute Gasteiger partial charge is 0.508 e. The third-order valence-electron chi connectivity index (χ3n) is 9.72. The van der Waals surface area contributed by atoms with Crippen molar-refractivity contribution in [3.05, 3.63) is 93.8 Å². The van der Waals surface area contributed by atoms with E-state index in [4.69, 9.17) is 33.2 Å². The van der Waals surface area contributed by atoms with Gasteiger partial charge in [-0.25, -0.2) is 9.18 Å². The molecule has 2 fully saturated rings.